The van der Waals surface area contributed by atoms with Crippen molar-refractivity contribution in [2.75, 3.05) is 45.6 Å². The Balaban J connectivity index is 1.45. The summed E-state index contributed by atoms with van der Waals surface area (Å²) in [5, 5.41) is 4.61. The van der Waals surface area contributed by atoms with Crippen LogP contribution in [0.25, 0.3) is 0 Å². The van der Waals surface area contributed by atoms with Crippen molar-refractivity contribution >= 4 is 16.9 Å². The van der Waals surface area contributed by atoms with E-state index in [0.717, 1.165) is 38.0 Å². The number of nitrogens with one attached hydrogen (secondary N) is 1. The Bertz CT molecular complexity index is 342. The van der Waals surface area contributed by atoms with Crippen molar-refractivity contribution in [2.45, 2.75) is 31.8 Å². The summed E-state index contributed by atoms with van der Waals surface area (Å²) >= 11 is 1.92. The third kappa shape index (κ3) is 3.44. The lowest BCUT2D eigenvalue weighted by molar-refractivity contribution is -0.0159. The molecule has 1 aliphatic carbocycles. The number of aliphatic imine (C=N–C) groups is 1. The summed E-state index contributed by atoms with van der Waals surface area (Å²) in [5.41, 5.74) is 0.539. The summed E-state index contributed by atoms with van der Waals surface area (Å²) in [5.74, 6) is 1.25. The SMILES string of the molecule is CN1CCOC(CNC2=NCC3(CCCC3)CS2)C1. The predicted molar refractivity (Wildman–Crippen MR) is 80.9 cm³/mol. The number of nitrogens with zero attached hydrogens (tertiary/aromatic N) is 2. The van der Waals surface area contributed by atoms with Crippen LogP contribution in [-0.4, -0.2) is 61.8 Å². The average Bonchev–Trinajstić information content (AvgIpc) is 2.87. The zero-order valence-corrected chi connectivity index (χ0v) is 12.7. The summed E-state index contributed by atoms with van der Waals surface area (Å²) < 4.78 is 5.76. The van der Waals surface area contributed by atoms with Gasteiger partial charge in [0.05, 0.1) is 12.7 Å². The lowest BCUT2D eigenvalue weighted by Gasteiger charge is -2.33. The lowest BCUT2D eigenvalue weighted by Crippen LogP contribution is -2.46. The molecule has 0 aromatic rings. The molecule has 3 rings (SSSR count). The Labute approximate surface area is 120 Å². The molecule has 1 N–H and O–H groups in total. The first-order chi connectivity index (χ1) is 9.26. The zero-order chi connectivity index (χ0) is 13.1. The Morgan fingerprint density at radius 2 is 2.32 bits per heavy atom. The molecule has 1 unspecified atom stereocenters. The third-order valence-corrected chi connectivity index (χ3v) is 5.86. The van der Waals surface area contributed by atoms with Gasteiger partial charge in [0.25, 0.3) is 0 Å². The van der Waals surface area contributed by atoms with Gasteiger partial charge in [0, 0.05) is 31.9 Å². The minimum Gasteiger partial charge on any atom is -0.374 e. The highest BCUT2D eigenvalue weighted by atomic mass is 32.2. The molecule has 0 bridgehead atoms. The molecule has 1 atom stereocenters. The van der Waals surface area contributed by atoms with Crippen molar-refractivity contribution in [1.29, 1.82) is 0 Å². The number of amidine groups is 1. The second kappa shape index (κ2) is 6.02. The topological polar surface area (TPSA) is 36.9 Å². The number of hydrogen-bond donors (Lipinski definition) is 1. The second-order valence-corrected chi connectivity index (χ2v) is 7.22. The van der Waals surface area contributed by atoms with Crippen molar-refractivity contribution in [2.24, 2.45) is 10.4 Å². The van der Waals surface area contributed by atoms with Crippen LogP contribution in [0.1, 0.15) is 25.7 Å². The van der Waals surface area contributed by atoms with Gasteiger partial charge in [-0.25, -0.2) is 0 Å². The fourth-order valence-electron chi connectivity index (χ4n) is 3.28. The number of likely N-dealkylation sites (N-methyl/N-ethyl adjacent to an activating group) is 1. The highest BCUT2D eigenvalue weighted by molar-refractivity contribution is 8.13. The van der Waals surface area contributed by atoms with Crippen molar-refractivity contribution < 1.29 is 4.74 Å². The van der Waals surface area contributed by atoms with Crippen molar-refractivity contribution in [3.05, 3.63) is 0 Å². The third-order valence-electron chi connectivity index (χ3n) is 4.56. The number of morpholine rings is 1. The Morgan fingerprint density at radius 3 is 3.00 bits per heavy atom. The highest BCUT2D eigenvalue weighted by Crippen LogP contribution is 2.43. The average molecular weight is 283 g/mol. The van der Waals surface area contributed by atoms with E-state index in [1.54, 1.807) is 0 Å². The molecule has 0 aromatic carbocycles. The summed E-state index contributed by atoms with van der Waals surface area (Å²) in [6, 6.07) is 0. The molecule has 2 aliphatic heterocycles. The molecule has 2 heterocycles. The maximum Gasteiger partial charge on any atom is 0.156 e. The van der Waals surface area contributed by atoms with Crippen LogP contribution in [0.3, 0.4) is 0 Å². The predicted octanol–water partition coefficient (Wildman–Crippen LogP) is 1.57. The van der Waals surface area contributed by atoms with E-state index in [-0.39, 0.29) is 0 Å². The largest absolute Gasteiger partial charge is 0.374 e. The van der Waals surface area contributed by atoms with Gasteiger partial charge in [0.2, 0.25) is 0 Å². The van der Waals surface area contributed by atoms with Gasteiger partial charge < -0.3 is 15.0 Å². The van der Waals surface area contributed by atoms with E-state index in [4.69, 9.17) is 9.73 Å². The Kier molecular flexibility index (Phi) is 4.34. The van der Waals surface area contributed by atoms with E-state index in [1.165, 1.54) is 31.4 Å². The van der Waals surface area contributed by atoms with Crippen LogP contribution in [0.2, 0.25) is 0 Å². The fourth-order valence-corrected chi connectivity index (χ4v) is 4.44. The minimum absolute atomic E-state index is 0.310. The Hall–Kier alpha value is -0.260. The van der Waals surface area contributed by atoms with Crippen molar-refractivity contribution in [1.82, 2.24) is 10.2 Å². The van der Waals surface area contributed by atoms with Gasteiger partial charge in [-0.05, 0) is 25.3 Å². The molecule has 5 heteroatoms. The molecule has 0 amide bonds. The number of thioether (sulfide) groups is 1. The van der Waals surface area contributed by atoms with Crippen molar-refractivity contribution in [3.8, 4) is 0 Å². The second-order valence-electron chi connectivity index (χ2n) is 6.25. The molecule has 1 saturated heterocycles. The molecule has 19 heavy (non-hydrogen) atoms. The van der Waals surface area contributed by atoms with E-state index in [1.807, 2.05) is 11.8 Å². The number of hydrogen-bond acceptors (Lipinski definition) is 5. The van der Waals surface area contributed by atoms with Crippen LogP contribution in [0.5, 0.6) is 0 Å². The molecule has 0 radical (unpaired) electrons. The van der Waals surface area contributed by atoms with Crippen LogP contribution >= 0.6 is 11.8 Å². The first kappa shape index (κ1) is 13.7. The van der Waals surface area contributed by atoms with Gasteiger partial charge in [-0.15, -0.1) is 0 Å². The smallest absolute Gasteiger partial charge is 0.156 e. The first-order valence-electron chi connectivity index (χ1n) is 7.47. The minimum atomic E-state index is 0.310. The summed E-state index contributed by atoms with van der Waals surface area (Å²) in [6.07, 6.45) is 5.88. The van der Waals surface area contributed by atoms with Crippen LogP contribution in [-0.2, 0) is 4.74 Å². The van der Waals surface area contributed by atoms with E-state index >= 15 is 0 Å². The highest BCUT2D eigenvalue weighted by Gasteiger charge is 2.36. The van der Waals surface area contributed by atoms with Gasteiger partial charge in [0.1, 0.15) is 0 Å². The van der Waals surface area contributed by atoms with E-state index in [2.05, 4.69) is 17.3 Å². The van der Waals surface area contributed by atoms with E-state index in [0.29, 0.717) is 11.5 Å². The number of rotatable bonds is 2. The van der Waals surface area contributed by atoms with Gasteiger partial charge in [-0.3, -0.25) is 4.99 Å². The monoisotopic (exact) mass is 283 g/mol. The van der Waals surface area contributed by atoms with Gasteiger partial charge in [-0.2, -0.15) is 0 Å². The molecule has 1 saturated carbocycles. The fraction of sp³-hybridized carbons (Fsp3) is 0.929. The summed E-state index contributed by atoms with van der Waals surface area (Å²) in [7, 11) is 2.16. The van der Waals surface area contributed by atoms with Crippen LogP contribution in [0.15, 0.2) is 4.99 Å². The zero-order valence-electron chi connectivity index (χ0n) is 11.9. The normalized spacial score (nSPS) is 31.4. The quantitative estimate of drug-likeness (QED) is 0.835. The van der Waals surface area contributed by atoms with Crippen LogP contribution < -0.4 is 5.32 Å². The van der Waals surface area contributed by atoms with Crippen LogP contribution in [0, 0.1) is 5.41 Å². The lowest BCUT2D eigenvalue weighted by atomic mass is 9.89. The molecule has 0 aromatic heterocycles. The maximum absolute atomic E-state index is 5.76. The molecule has 3 aliphatic rings. The molecule has 2 fully saturated rings. The van der Waals surface area contributed by atoms with E-state index < -0.39 is 0 Å². The van der Waals surface area contributed by atoms with Gasteiger partial charge in [-0.1, -0.05) is 24.6 Å². The van der Waals surface area contributed by atoms with E-state index in [9.17, 15) is 0 Å². The first-order valence-corrected chi connectivity index (χ1v) is 8.46. The van der Waals surface area contributed by atoms with Crippen LogP contribution in [0.4, 0.5) is 0 Å². The van der Waals surface area contributed by atoms with Gasteiger partial charge >= 0.3 is 0 Å². The standard InChI is InChI=1S/C14H25N3OS/c1-17-6-7-18-12(9-17)8-15-13-16-10-14(11-19-13)4-2-3-5-14/h12H,2-11H2,1H3,(H,15,16). The van der Waals surface area contributed by atoms with Gasteiger partial charge in [0.15, 0.2) is 5.17 Å². The molecule has 108 valence electrons. The molecule has 4 nitrogen and oxygen atoms in total. The molecular weight excluding hydrogens is 258 g/mol. The maximum atomic E-state index is 5.76. The van der Waals surface area contributed by atoms with Crippen molar-refractivity contribution in [3.63, 3.8) is 0 Å². The number of ether oxygens (including phenoxy) is 1. The molecular formula is C14H25N3OS. The summed E-state index contributed by atoms with van der Waals surface area (Å²) in [6.45, 7) is 4.85. The Morgan fingerprint density at radius 1 is 1.47 bits per heavy atom. The summed E-state index contributed by atoms with van der Waals surface area (Å²) in [4.78, 5) is 7.10. The molecule has 1 spiro atoms.